The summed E-state index contributed by atoms with van der Waals surface area (Å²) >= 11 is 0. The molecule has 9 atom stereocenters. The molecule has 0 amide bonds. The summed E-state index contributed by atoms with van der Waals surface area (Å²) in [6.07, 6.45) is 55.3. The van der Waals surface area contributed by atoms with Gasteiger partial charge in [0.25, 0.3) is 0 Å². The van der Waals surface area contributed by atoms with Gasteiger partial charge in [0.1, 0.15) is 0 Å². The first kappa shape index (κ1) is 42.7. The van der Waals surface area contributed by atoms with Gasteiger partial charge in [-0.2, -0.15) is 0 Å². The van der Waals surface area contributed by atoms with Crippen molar-refractivity contribution in [3.05, 3.63) is 69.9 Å². The molecule has 1 saturated heterocycles. The lowest BCUT2D eigenvalue weighted by Gasteiger charge is -2.46. The molecule has 8 aliphatic carbocycles. The van der Waals surface area contributed by atoms with Crippen LogP contribution in [0.15, 0.2) is 69.9 Å². The molecule has 1 aliphatic heterocycles. The minimum atomic E-state index is 0.462. The van der Waals surface area contributed by atoms with Gasteiger partial charge in [0, 0.05) is 37.5 Å². The minimum Gasteiger partial charge on any atom is -0.315 e. The molecule has 326 valence electrons. The van der Waals surface area contributed by atoms with E-state index in [1.54, 1.807) is 0 Å². The SMILES string of the molecule is CCCCC(CCCC1CCC([C@@H]2CCCC3=C2CCCC3)CC1)C(C)C1CCCC/C1=C(/CNC1C=CCC2C=CC=CC21)C1CCC(C2CNC2)=C2CCCCC21. The first-order chi connectivity index (χ1) is 29.2. The highest BCUT2D eigenvalue weighted by Gasteiger charge is 2.41. The number of hydrogen-bond donors (Lipinski definition) is 2. The Bertz CT molecular complexity index is 1570. The van der Waals surface area contributed by atoms with Gasteiger partial charge in [-0.3, -0.25) is 0 Å². The molecule has 0 aromatic heterocycles. The zero-order valence-electron chi connectivity index (χ0n) is 38.3. The molecule has 59 heavy (non-hydrogen) atoms. The monoisotopic (exact) mass is 801 g/mol. The van der Waals surface area contributed by atoms with Crippen LogP contribution in [-0.4, -0.2) is 25.7 Å². The predicted octanol–water partition coefficient (Wildman–Crippen LogP) is 15.0. The molecule has 9 rings (SSSR count). The maximum Gasteiger partial charge on any atom is 0.0321 e. The Labute approximate surface area is 363 Å². The minimum absolute atomic E-state index is 0.462. The Kier molecular flexibility index (Phi) is 15.0. The largest absolute Gasteiger partial charge is 0.315 e. The Morgan fingerprint density at radius 1 is 0.712 bits per heavy atom. The number of rotatable bonds is 15. The summed E-state index contributed by atoms with van der Waals surface area (Å²) in [5.74, 6) is 9.20. The third kappa shape index (κ3) is 9.80. The van der Waals surface area contributed by atoms with E-state index in [-0.39, 0.29) is 0 Å². The van der Waals surface area contributed by atoms with Crippen molar-refractivity contribution in [2.24, 2.45) is 65.1 Å². The van der Waals surface area contributed by atoms with Crippen molar-refractivity contribution in [2.75, 3.05) is 19.6 Å². The molecule has 0 radical (unpaired) electrons. The van der Waals surface area contributed by atoms with Crippen LogP contribution < -0.4 is 10.6 Å². The molecule has 0 aromatic rings. The van der Waals surface area contributed by atoms with Crippen LogP contribution in [0, 0.1) is 65.1 Å². The molecule has 1 heterocycles. The summed E-state index contributed by atoms with van der Waals surface area (Å²) in [7, 11) is 0. The smallest absolute Gasteiger partial charge is 0.0321 e. The maximum absolute atomic E-state index is 4.34. The van der Waals surface area contributed by atoms with Crippen molar-refractivity contribution in [1.82, 2.24) is 10.6 Å². The average Bonchev–Trinajstić information content (AvgIpc) is 3.27. The van der Waals surface area contributed by atoms with E-state index in [1.165, 1.54) is 193 Å². The van der Waals surface area contributed by atoms with Gasteiger partial charge in [-0.1, -0.05) is 148 Å². The highest BCUT2D eigenvalue weighted by molar-refractivity contribution is 5.34. The normalized spacial score (nSPS) is 37.0. The van der Waals surface area contributed by atoms with Crippen molar-refractivity contribution in [1.29, 1.82) is 0 Å². The number of nitrogens with one attached hydrogen (secondary N) is 2. The fraction of sp³-hybridized carbons (Fsp3) is 0.789. The topological polar surface area (TPSA) is 24.1 Å². The molecule has 0 bridgehead atoms. The molecule has 9 aliphatic rings. The van der Waals surface area contributed by atoms with E-state index in [1.807, 2.05) is 33.4 Å². The fourth-order valence-corrected chi connectivity index (χ4v) is 15.7. The van der Waals surface area contributed by atoms with Crippen LogP contribution in [0.2, 0.25) is 0 Å². The fourth-order valence-electron chi connectivity index (χ4n) is 15.7. The van der Waals surface area contributed by atoms with Crippen LogP contribution in [-0.2, 0) is 0 Å². The number of hydrogen-bond acceptors (Lipinski definition) is 2. The average molecular weight is 801 g/mol. The number of allylic oxidation sites excluding steroid dienone is 8. The lowest BCUT2D eigenvalue weighted by Crippen LogP contribution is -2.46. The summed E-state index contributed by atoms with van der Waals surface area (Å²) in [4.78, 5) is 0. The lowest BCUT2D eigenvalue weighted by atomic mass is 9.61. The Hall–Kier alpha value is -1.64. The number of fused-ring (bicyclic) bond motifs is 2. The second-order valence-electron chi connectivity index (χ2n) is 22.2. The highest BCUT2D eigenvalue weighted by Crippen LogP contribution is 2.52. The summed E-state index contributed by atoms with van der Waals surface area (Å²) in [6.45, 7) is 8.83. The first-order valence-electron chi connectivity index (χ1n) is 26.8. The summed E-state index contributed by atoms with van der Waals surface area (Å²) in [5.41, 5.74) is 11.7. The second-order valence-corrected chi connectivity index (χ2v) is 22.2. The van der Waals surface area contributed by atoms with E-state index < -0.39 is 0 Å². The van der Waals surface area contributed by atoms with Gasteiger partial charge < -0.3 is 10.6 Å². The molecule has 3 saturated carbocycles. The third-order valence-electron chi connectivity index (χ3n) is 19.1. The van der Waals surface area contributed by atoms with Gasteiger partial charge in [0.15, 0.2) is 0 Å². The Balaban J connectivity index is 0.909. The quantitative estimate of drug-likeness (QED) is 0.161. The van der Waals surface area contributed by atoms with Crippen LogP contribution in [0.25, 0.3) is 0 Å². The Morgan fingerprint density at radius 3 is 2.34 bits per heavy atom. The van der Waals surface area contributed by atoms with Crippen LogP contribution in [0.3, 0.4) is 0 Å². The zero-order chi connectivity index (χ0) is 40.0. The molecule has 2 N–H and O–H groups in total. The van der Waals surface area contributed by atoms with Gasteiger partial charge in [-0.15, -0.1) is 0 Å². The summed E-state index contributed by atoms with van der Waals surface area (Å²) in [5, 5.41) is 7.99. The van der Waals surface area contributed by atoms with Gasteiger partial charge in [0.05, 0.1) is 0 Å². The van der Waals surface area contributed by atoms with Crippen LogP contribution >= 0.6 is 0 Å². The Morgan fingerprint density at radius 2 is 1.47 bits per heavy atom. The summed E-state index contributed by atoms with van der Waals surface area (Å²) < 4.78 is 0. The highest BCUT2D eigenvalue weighted by atomic mass is 14.9. The standard InChI is InChI=1S/C57H88N2/c1-3-4-17-42(20-13-16-41-31-33-45(34-32-41)49-29-14-21-43-18-5-7-24-48(43)49)40(2)47-23-9-10-26-52(47)56(39-59-57-30-15-22-44-19-6-8-25-51(44)57)55-36-35-50(46-37-58-38-46)53-27-11-12-28-54(53)55/h6,8,15,19,25,30,40-42,44-47,49,51,54-55,57-59H,3-5,7,9-14,16-18,20-24,26-29,31-39H2,1-2H3/b56-52+/t40?,41?,42?,44?,45?,47?,49-,51?,54?,55?,57?/m0/s1. The molecule has 0 spiro atoms. The van der Waals surface area contributed by atoms with E-state index in [4.69, 9.17) is 0 Å². The van der Waals surface area contributed by atoms with E-state index in [0.29, 0.717) is 17.9 Å². The van der Waals surface area contributed by atoms with Gasteiger partial charge in [0.2, 0.25) is 0 Å². The van der Waals surface area contributed by atoms with E-state index in [9.17, 15) is 0 Å². The van der Waals surface area contributed by atoms with Gasteiger partial charge in [-0.25, -0.2) is 0 Å². The van der Waals surface area contributed by atoms with Crippen LogP contribution in [0.5, 0.6) is 0 Å². The van der Waals surface area contributed by atoms with Crippen molar-refractivity contribution < 1.29 is 0 Å². The predicted molar refractivity (Wildman–Crippen MR) is 252 cm³/mol. The molecule has 0 aromatic carbocycles. The molecular weight excluding hydrogens is 713 g/mol. The van der Waals surface area contributed by atoms with Crippen molar-refractivity contribution in [3.63, 3.8) is 0 Å². The van der Waals surface area contributed by atoms with Crippen molar-refractivity contribution in [3.8, 4) is 0 Å². The maximum atomic E-state index is 4.34. The third-order valence-corrected chi connectivity index (χ3v) is 19.1. The zero-order valence-corrected chi connectivity index (χ0v) is 38.3. The van der Waals surface area contributed by atoms with Crippen molar-refractivity contribution >= 4 is 0 Å². The summed E-state index contributed by atoms with van der Waals surface area (Å²) in [6, 6.07) is 0.462. The lowest BCUT2D eigenvalue weighted by molar-refractivity contribution is 0.181. The van der Waals surface area contributed by atoms with E-state index in [2.05, 4.69) is 60.9 Å². The van der Waals surface area contributed by atoms with Gasteiger partial charge in [-0.05, 0) is 169 Å². The molecule has 8 unspecified atom stereocenters. The van der Waals surface area contributed by atoms with Crippen LogP contribution in [0.1, 0.15) is 194 Å². The van der Waals surface area contributed by atoms with Crippen LogP contribution in [0.4, 0.5) is 0 Å². The molecule has 2 nitrogen and oxygen atoms in total. The molecular formula is C57H88N2. The van der Waals surface area contributed by atoms with E-state index >= 15 is 0 Å². The first-order valence-corrected chi connectivity index (χ1v) is 26.8. The second kappa shape index (κ2) is 20.7. The van der Waals surface area contributed by atoms with E-state index in [0.717, 1.165) is 59.8 Å². The van der Waals surface area contributed by atoms with Gasteiger partial charge >= 0.3 is 0 Å². The molecule has 2 heteroatoms. The molecule has 4 fully saturated rings. The number of unbranched alkanes of at least 4 members (excludes halogenated alkanes) is 1. The van der Waals surface area contributed by atoms with Crippen molar-refractivity contribution in [2.45, 2.75) is 200 Å².